The highest BCUT2D eigenvalue weighted by atomic mass is 16.1. The van der Waals surface area contributed by atoms with Crippen LogP contribution in [0.1, 0.15) is 42.5 Å². The van der Waals surface area contributed by atoms with E-state index in [9.17, 15) is 4.79 Å². The molecule has 0 aliphatic heterocycles. The monoisotopic (exact) mass is 311 g/mol. The van der Waals surface area contributed by atoms with Crippen LogP contribution in [-0.4, -0.2) is 25.7 Å². The van der Waals surface area contributed by atoms with Crippen LogP contribution in [-0.2, 0) is 19.0 Å². The molecule has 0 fully saturated rings. The van der Waals surface area contributed by atoms with E-state index in [4.69, 9.17) is 0 Å². The molecule has 3 aromatic rings. The molecule has 0 unspecified atom stereocenters. The second-order valence-electron chi connectivity index (χ2n) is 6.77. The van der Waals surface area contributed by atoms with E-state index in [0.29, 0.717) is 12.1 Å². The Balaban J connectivity index is 1.69. The summed E-state index contributed by atoms with van der Waals surface area (Å²) in [6.07, 6.45) is 1.74. The van der Waals surface area contributed by atoms with Gasteiger partial charge in [0, 0.05) is 18.0 Å². The molecule has 2 N–H and O–H groups in total. The van der Waals surface area contributed by atoms with E-state index in [1.165, 1.54) is 0 Å². The number of aromatic nitrogens is 4. The van der Waals surface area contributed by atoms with E-state index < -0.39 is 0 Å². The van der Waals surface area contributed by atoms with Gasteiger partial charge in [-0.1, -0.05) is 20.8 Å². The average Bonchev–Trinajstić information content (AvgIpc) is 3.11. The molecule has 0 aliphatic rings. The van der Waals surface area contributed by atoms with E-state index in [-0.39, 0.29) is 11.3 Å². The van der Waals surface area contributed by atoms with Crippen molar-refractivity contribution in [2.45, 2.75) is 32.7 Å². The maximum atomic E-state index is 12.3. The highest BCUT2D eigenvalue weighted by Crippen LogP contribution is 2.20. The maximum Gasteiger partial charge on any atom is 0.251 e. The molecule has 23 heavy (non-hydrogen) atoms. The zero-order valence-corrected chi connectivity index (χ0v) is 13.8. The molecular formula is C17H21N5O. The number of aryl methyl sites for hydroxylation is 1. The number of aromatic amines is 1. The summed E-state index contributed by atoms with van der Waals surface area (Å²) in [5.74, 6) is -0.121. The zero-order chi connectivity index (χ0) is 16.6. The normalized spacial score (nSPS) is 11.8. The second kappa shape index (κ2) is 5.53. The molecule has 0 spiro atoms. The first kappa shape index (κ1) is 15.3. The van der Waals surface area contributed by atoms with Crippen molar-refractivity contribution >= 4 is 16.9 Å². The lowest BCUT2D eigenvalue weighted by Crippen LogP contribution is -2.22. The number of fused-ring (bicyclic) bond motifs is 1. The molecule has 0 aliphatic carbocycles. The van der Waals surface area contributed by atoms with E-state index in [1.54, 1.807) is 12.4 Å². The van der Waals surface area contributed by atoms with Crippen LogP contribution in [0.2, 0.25) is 0 Å². The summed E-state index contributed by atoms with van der Waals surface area (Å²) in [5.41, 5.74) is 4.29. The van der Waals surface area contributed by atoms with Gasteiger partial charge in [-0.2, -0.15) is 5.10 Å². The summed E-state index contributed by atoms with van der Waals surface area (Å²) in [6, 6.07) is 7.51. The molecule has 1 aromatic carbocycles. The van der Waals surface area contributed by atoms with Crippen LogP contribution < -0.4 is 5.32 Å². The van der Waals surface area contributed by atoms with Crippen molar-refractivity contribution in [2.24, 2.45) is 7.05 Å². The number of hydrogen-bond donors (Lipinski definition) is 2. The third-order valence-electron chi connectivity index (χ3n) is 3.83. The SMILES string of the molecule is Cn1cnc2cc(C(=O)NCc3cc(C(C)(C)C)n[nH]3)ccc21. The van der Waals surface area contributed by atoms with Crippen molar-refractivity contribution in [3.05, 3.63) is 47.5 Å². The smallest absolute Gasteiger partial charge is 0.251 e. The second-order valence-corrected chi connectivity index (χ2v) is 6.77. The fourth-order valence-corrected chi connectivity index (χ4v) is 2.39. The van der Waals surface area contributed by atoms with E-state index in [1.807, 2.05) is 29.8 Å². The lowest BCUT2D eigenvalue weighted by Gasteiger charge is -2.13. The summed E-state index contributed by atoms with van der Waals surface area (Å²) < 4.78 is 1.93. The molecule has 3 rings (SSSR count). The summed E-state index contributed by atoms with van der Waals surface area (Å²) in [4.78, 5) is 16.6. The molecule has 0 radical (unpaired) electrons. The lowest BCUT2D eigenvalue weighted by atomic mass is 9.92. The highest BCUT2D eigenvalue weighted by Gasteiger charge is 2.17. The zero-order valence-electron chi connectivity index (χ0n) is 13.8. The average molecular weight is 311 g/mol. The van der Waals surface area contributed by atoms with E-state index in [2.05, 4.69) is 41.3 Å². The molecule has 0 saturated carbocycles. The van der Waals surface area contributed by atoms with Gasteiger partial charge in [0.2, 0.25) is 0 Å². The van der Waals surface area contributed by atoms with Gasteiger partial charge < -0.3 is 9.88 Å². The molecule has 120 valence electrons. The van der Waals surface area contributed by atoms with Crippen LogP contribution in [0, 0.1) is 0 Å². The van der Waals surface area contributed by atoms with Crippen LogP contribution in [0.25, 0.3) is 11.0 Å². The van der Waals surface area contributed by atoms with Crippen LogP contribution >= 0.6 is 0 Å². The largest absolute Gasteiger partial charge is 0.346 e. The number of carbonyl (C=O) groups excluding carboxylic acids is 1. The maximum absolute atomic E-state index is 12.3. The number of imidazole rings is 1. The molecule has 2 heterocycles. The minimum Gasteiger partial charge on any atom is -0.346 e. The van der Waals surface area contributed by atoms with E-state index in [0.717, 1.165) is 22.4 Å². The molecule has 0 atom stereocenters. The molecule has 6 nitrogen and oxygen atoms in total. The molecule has 0 saturated heterocycles. The molecule has 2 aromatic heterocycles. The third-order valence-corrected chi connectivity index (χ3v) is 3.83. The van der Waals surface area contributed by atoms with E-state index >= 15 is 0 Å². The van der Waals surface area contributed by atoms with Gasteiger partial charge in [0.1, 0.15) is 0 Å². The minimum atomic E-state index is -0.121. The predicted octanol–water partition coefficient (Wildman–Crippen LogP) is 2.52. The third kappa shape index (κ3) is 3.11. The first-order valence-corrected chi connectivity index (χ1v) is 7.58. The van der Waals surface area contributed by atoms with Gasteiger partial charge in [0.25, 0.3) is 5.91 Å². The summed E-state index contributed by atoms with van der Waals surface area (Å²) in [6.45, 7) is 6.73. The van der Waals surface area contributed by atoms with Crippen LogP contribution in [0.4, 0.5) is 0 Å². The number of rotatable bonds is 3. The summed E-state index contributed by atoms with van der Waals surface area (Å²) >= 11 is 0. The Bertz CT molecular complexity index is 853. The standard InChI is InChI=1S/C17H21N5O/c1-17(2,3)15-8-12(20-21-15)9-18-16(23)11-5-6-14-13(7-11)19-10-22(14)4/h5-8,10H,9H2,1-4H3,(H,18,23)(H,20,21). The summed E-state index contributed by atoms with van der Waals surface area (Å²) in [7, 11) is 1.93. The van der Waals surface area contributed by atoms with Gasteiger partial charge >= 0.3 is 0 Å². The number of H-pyrrole nitrogens is 1. The molecule has 1 amide bonds. The van der Waals surface area contributed by atoms with Crippen molar-refractivity contribution in [3.8, 4) is 0 Å². The fourth-order valence-electron chi connectivity index (χ4n) is 2.39. The quantitative estimate of drug-likeness (QED) is 0.780. The predicted molar refractivity (Wildman–Crippen MR) is 89.2 cm³/mol. The summed E-state index contributed by atoms with van der Waals surface area (Å²) in [5, 5.41) is 10.2. The first-order chi connectivity index (χ1) is 10.8. The Morgan fingerprint density at radius 3 is 2.78 bits per heavy atom. The molecule has 0 bridgehead atoms. The van der Waals surface area contributed by atoms with Gasteiger partial charge in [-0.05, 0) is 24.3 Å². The topological polar surface area (TPSA) is 75.6 Å². The Morgan fingerprint density at radius 1 is 1.30 bits per heavy atom. The van der Waals surface area contributed by atoms with Crippen LogP contribution in [0.5, 0.6) is 0 Å². The van der Waals surface area contributed by atoms with Gasteiger partial charge in [-0.15, -0.1) is 0 Å². The van der Waals surface area contributed by atoms with Gasteiger partial charge in [-0.25, -0.2) is 4.98 Å². The molecule has 6 heteroatoms. The van der Waals surface area contributed by atoms with Gasteiger partial charge in [0.15, 0.2) is 0 Å². The first-order valence-electron chi connectivity index (χ1n) is 7.58. The Kier molecular flexibility index (Phi) is 3.67. The number of hydrogen-bond acceptors (Lipinski definition) is 3. The highest BCUT2D eigenvalue weighted by molar-refractivity contribution is 5.97. The number of nitrogens with zero attached hydrogens (tertiary/aromatic N) is 3. The number of nitrogens with one attached hydrogen (secondary N) is 2. The van der Waals surface area contributed by atoms with Crippen molar-refractivity contribution in [3.63, 3.8) is 0 Å². The number of carbonyl (C=O) groups is 1. The Labute approximate surface area is 134 Å². The van der Waals surface area contributed by atoms with Crippen molar-refractivity contribution < 1.29 is 4.79 Å². The fraction of sp³-hybridized carbons (Fsp3) is 0.353. The Morgan fingerprint density at radius 2 is 2.09 bits per heavy atom. The van der Waals surface area contributed by atoms with Gasteiger partial charge in [-0.3, -0.25) is 9.89 Å². The van der Waals surface area contributed by atoms with Crippen LogP contribution in [0.3, 0.4) is 0 Å². The Hall–Kier alpha value is -2.63. The van der Waals surface area contributed by atoms with Crippen LogP contribution in [0.15, 0.2) is 30.6 Å². The number of amides is 1. The minimum absolute atomic E-state index is 0.0111. The lowest BCUT2D eigenvalue weighted by molar-refractivity contribution is 0.0950. The van der Waals surface area contributed by atoms with Crippen molar-refractivity contribution in [2.75, 3.05) is 0 Å². The van der Waals surface area contributed by atoms with Crippen molar-refractivity contribution in [1.29, 1.82) is 0 Å². The number of benzene rings is 1. The van der Waals surface area contributed by atoms with Crippen molar-refractivity contribution in [1.82, 2.24) is 25.1 Å². The van der Waals surface area contributed by atoms with Gasteiger partial charge in [0.05, 0.1) is 35.3 Å². The molecular weight excluding hydrogens is 290 g/mol.